The highest BCUT2D eigenvalue weighted by Gasteiger charge is 2.28. The van der Waals surface area contributed by atoms with E-state index < -0.39 is 0 Å². The van der Waals surface area contributed by atoms with Crippen LogP contribution in [0.3, 0.4) is 0 Å². The van der Waals surface area contributed by atoms with Crippen molar-refractivity contribution >= 4 is 12.0 Å². The lowest BCUT2D eigenvalue weighted by molar-refractivity contribution is -0.123. The molecule has 0 spiro atoms. The van der Waals surface area contributed by atoms with Crippen LogP contribution in [0.25, 0.3) is 0 Å². The molecule has 0 saturated heterocycles. The van der Waals surface area contributed by atoms with Gasteiger partial charge in [0.1, 0.15) is 5.78 Å². The van der Waals surface area contributed by atoms with Crippen LogP contribution in [0.2, 0.25) is 0 Å². The fraction of sp³-hybridized carbons (Fsp3) is 0.750. The summed E-state index contributed by atoms with van der Waals surface area (Å²) in [6.45, 7) is 0. The van der Waals surface area contributed by atoms with E-state index in [1.807, 2.05) is 7.05 Å². The molecule has 0 amide bonds. The number of Topliss-reactive ketones (excluding diaryl/α,β-unsaturated/α-hetero) is 1. The average Bonchev–Trinajstić information content (AvgIpc) is 2.04. The van der Waals surface area contributed by atoms with Crippen molar-refractivity contribution in [3.8, 4) is 0 Å². The third kappa shape index (κ3) is 1.66. The first-order valence-corrected chi connectivity index (χ1v) is 4.00. The first-order chi connectivity index (χ1) is 5.29. The molecule has 1 aliphatic carbocycles. The molecule has 11 heavy (non-hydrogen) atoms. The van der Waals surface area contributed by atoms with E-state index in [0.29, 0.717) is 6.42 Å². The molecule has 0 heterocycles. The van der Waals surface area contributed by atoms with Gasteiger partial charge < -0.3 is 10.7 Å². The molecule has 2 unspecified atom stereocenters. The molecule has 3 heteroatoms. The van der Waals surface area contributed by atoms with Gasteiger partial charge in [-0.05, 0) is 19.9 Å². The molecule has 0 radical (unpaired) electrons. The summed E-state index contributed by atoms with van der Waals surface area (Å²) in [5.74, 6) is 0.0411. The molecule has 0 bridgehead atoms. The third-order valence-electron chi connectivity index (χ3n) is 2.29. The number of hydrogen-bond donors (Lipinski definition) is 2. The summed E-state index contributed by atoms with van der Waals surface area (Å²) in [5, 5.41) is 10.1. The summed E-state index contributed by atoms with van der Waals surface area (Å²) in [7, 11) is 1.85. The molecule has 62 valence electrons. The van der Waals surface area contributed by atoms with Crippen molar-refractivity contribution in [2.24, 2.45) is 5.92 Å². The van der Waals surface area contributed by atoms with E-state index in [1.54, 1.807) is 0 Å². The summed E-state index contributed by atoms with van der Waals surface area (Å²) in [6, 6.07) is 0.203. The van der Waals surface area contributed by atoms with E-state index in [1.165, 1.54) is 6.21 Å². The van der Waals surface area contributed by atoms with Crippen LogP contribution in [0.4, 0.5) is 0 Å². The van der Waals surface area contributed by atoms with Crippen LogP contribution < -0.4 is 5.32 Å². The van der Waals surface area contributed by atoms with Gasteiger partial charge in [-0.25, -0.2) is 0 Å². The molecule has 1 aliphatic rings. The minimum Gasteiger partial charge on any atom is -0.316 e. The van der Waals surface area contributed by atoms with Gasteiger partial charge in [-0.2, -0.15) is 0 Å². The second-order valence-electron chi connectivity index (χ2n) is 2.95. The van der Waals surface area contributed by atoms with Crippen LogP contribution in [0.1, 0.15) is 19.3 Å². The lowest BCUT2D eigenvalue weighted by atomic mass is 9.84. The fourth-order valence-electron chi connectivity index (χ4n) is 1.60. The maximum atomic E-state index is 11.2. The smallest absolute Gasteiger partial charge is 0.142 e. The van der Waals surface area contributed by atoms with Crippen molar-refractivity contribution in [2.45, 2.75) is 25.3 Å². The number of carbonyl (C=O) groups is 1. The third-order valence-corrected chi connectivity index (χ3v) is 2.29. The van der Waals surface area contributed by atoms with Crippen molar-refractivity contribution < 1.29 is 4.79 Å². The monoisotopic (exact) mass is 154 g/mol. The van der Waals surface area contributed by atoms with E-state index in [9.17, 15) is 4.79 Å². The highest BCUT2D eigenvalue weighted by Crippen LogP contribution is 2.19. The summed E-state index contributed by atoms with van der Waals surface area (Å²) in [5.41, 5.74) is 0. The van der Waals surface area contributed by atoms with Crippen molar-refractivity contribution in [3.05, 3.63) is 0 Å². The van der Waals surface area contributed by atoms with Gasteiger partial charge in [-0.15, -0.1) is 0 Å². The molecule has 0 aliphatic heterocycles. The van der Waals surface area contributed by atoms with Crippen molar-refractivity contribution in [1.82, 2.24) is 5.32 Å². The molecule has 0 aromatic carbocycles. The summed E-state index contributed by atoms with van der Waals surface area (Å²) >= 11 is 0. The molecule has 1 rings (SSSR count). The Labute approximate surface area is 66.7 Å². The van der Waals surface area contributed by atoms with Gasteiger partial charge in [0.05, 0.1) is 5.92 Å². The Morgan fingerprint density at radius 1 is 1.73 bits per heavy atom. The summed E-state index contributed by atoms with van der Waals surface area (Å²) in [4.78, 5) is 11.2. The maximum absolute atomic E-state index is 11.2. The van der Waals surface area contributed by atoms with Gasteiger partial charge in [0.2, 0.25) is 0 Å². The lowest BCUT2D eigenvalue weighted by Crippen LogP contribution is -2.41. The standard InChI is InChI=1S/C8H14N2O/c1-10-7-3-2-4-8(11)6(7)5-9/h5-7,9-10H,2-4H2,1H3. The van der Waals surface area contributed by atoms with E-state index in [0.717, 1.165) is 12.8 Å². The number of nitrogens with one attached hydrogen (secondary N) is 2. The first kappa shape index (κ1) is 8.40. The van der Waals surface area contributed by atoms with Gasteiger partial charge in [0, 0.05) is 18.7 Å². The Morgan fingerprint density at radius 3 is 2.91 bits per heavy atom. The SMILES string of the molecule is CNC1CCCC(=O)C1C=N. The molecule has 1 saturated carbocycles. The molecule has 2 N–H and O–H groups in total. The maximum Gasteiger partial charge on any atom is 0.142 e. The largest absolute Gasteiger partial charge is 0.316 e. The van der Waals surface area contributed by atoms with Crippen LogP contribution in [0, 0.1) is 11.3 Å². The van der Waals surface area contributed by atoms with Crippen molar-refractivity contribution in [1.29, 1.82) is 5.41 Å². The number of rotatable bonds is 2. The van der Waals surface area contributed by atoms with Crippen LogP contribution in [0.15, 0.2) is 0 Å². The second kappa shape index (κ2) is 3.62. The van der Waals surface area contributed by atoms with E-state index in [4.69, 9.17) is 5.41 Å². The highest BCUT2D eigenvalue weighted by molar-refractivity contribution is 5.95. The van der Waals surface area contributed by atoms with Crippen LogP contribution in [-0.4, -0.2) is 25.1 Å². The van der Waals surface area contributed by atoms with Crippen LogP contribution in [-0.2, 0) is 4.79 Å². The quantitative estimate of drug-likeness (QED) is 0.572. The van der Waals surface area contributed by atoms with E-state index in [2.05, 4.69) is 5.32 Å². The van der Waals surface area contributed by atoms with Gasteiger partial charge in [0.15, 0.2) is 0 Å². The lowest BCUT2D eigenvalue weighted by Gasteiger charge is -2.26. The number of carbonyl (C=O) groups excluding carboxylic acids is 1. The van der Waals surface area contributed by atoms with Crippen LogP contribution >= 0.6 is 0 Å². The Morgan fingerprint density at radius 2 is 2.45 bits per heavy atom. The van der Waals surface area contributed by atoms with E-state index in [-0.39, 0.29) is 17.7 Å². The minimum atomic E-state index is -0.172. The summed E-state index contributed by atoms with van der Waals surface area (Å²) in [6.07, 6.45) is 3.90. The van der Waals surface area contributed by atoms with Gasteiger partial charge in [-0.3, -0.25) is 4.79 Å². The zero-order valence-electron chi connectivity index (χ0n) is 6.76. The zero-order chi connectivity index (χ0) is 8.27. The highest BCUT2D eigenvalue weighted by atomic mass is 16.1. The topological polar surface area (TPSA) is 53.0 Å². The predicted octanol–water partition coefficient (Wildman–Crippen LogP) is 0.593. The fourth-order valence-corrected chi connectivity index (χ4v) is 1.60. The second-order valence-corrected chi connectivity index (χ2v) is 2.95. The molecule has 1 fully saturated rings. The molecule has 2 atom stereocenters. The molecule has 0 aromatic heterocycles. The zero-order valence-corrected chi connectivity index (χ0v) is 6.76. The number of ketones is 1. The van der Waals surface area contributed by atoms with Crippen LogP contribution in [0.5, 0.6) is 0 Å². The minimum absolute atomic E-state index is 0.172. The number of hydrogen-bond acceptors (Lipinski definition) is 3. The van der Waals surface area contributed by atoms with Crippen molar-refractivity contribution in [3.63, 3.8) is 0 Å². The Bertz CT molecular complexity index is 167. The Hall–Kier alpha value is -0.700. The van der Waals surface area contributed by atoms with Gasteiger partial charge in [0.25, 0.3) is 0 Å². The molecular formula is C8H14N2O. The first-order valence-electron chi connectivity index (χ1n) is 4.00. The Balaban J connectivity index is 2.63. The Kier molecular flexibility index (Phi) is 2.76. The van der Waals surface area contributed by atoms with E-state index >= 15 is 0 Å². The predicted molar refractivity (Wildman–Crippen MR) is 44.0 cm³/mol. The average molecular weight is 154 g/mol. The van der Waals surface area contributed by atoms with Gasteiger partial charge in [-0.1, -0.05) is 0 Å². The molecule has 3 nitrogen and oxygen atoms in total. The molecule has 0 aromatic rings. The normalized spacial score (nSPS) is 31.9. The van der Waals surface area contributed by atoms with Crippen molar-refractivity contribution in [2.75, 3.05) is 7.05 Å². The summed E-state index contributed by atoms with van der Waals surface area (Å²) < 4.78 is 0. The van der Waals surface area contributed by atoms with Gasteiger partial charge >= 0.3 is 0 Å². The molecular weight excluding hydrogens is 140 g/mol.